The molecule has 7 nitrogen and oxygen atoms in total. The Kier molecular flexibility index (Phi) is 10.5. The average Bonchev–Trinajstić information content (AvgIpc) is 3.02. The van der Waals surface area contributed by atoms with Gasteiger partial charge in [-0.1, -0.05) is 61.7 Å². The van der Waals surface area contributed by atoms with Crippen LogP contribution in [0.4, 0.5) is 5.69 Å². The summed E-state index contributed by atoms with van der Waals surface area (Å²) >= 11 is 0. The zero-order chi connectivity index (χ0) is 33.0. The van der Waals surface area contributed by atoms with Crippen LogP contribution in [0.25, 0.3) is 11.1 Å². The minimum Gasteiger partial charge on any atom is -0.461 e. The van der Waals surface area contributed by atoms with Gasteiger partial charge in [0.15, 0.2) is 6.10 Å². The number of amides is 1. The van der Waals surface area contributed by atoms with Gasteiger partial charge in [0.25, 0.3) is 5.91 Å². The van der Waals surface area contributed by atoms with Crippen molar-refractivity contribution >= 4 is 17.6 Å². The molecule has 3 aromatic rings. The third-order valence-electron chi connectivity index (χ3n) is 9.22. The van der Waals surface area contributed by atoms with Crippen LogP contribution in [0.15, 0.2) is 54.6 Å². The van der Waals surface area contributed by atoms with Crippen molar-refractivity contribution in [3.05, 3.63) is 82.7 Å². The van der Waals surface area contributed by atoms with Crippen LogP contribution >= 0.6 is 0 Å². The first-order valence-corrected chi connectivity index (χ1v) is 17.0. The van der Waals surface area contributed by atoms with Gasteiger partial charge in [-0.2, -0.15) is 0 Å². The number of aromatic nitrogens is 1. The normalized spacial score (nSPS) is 19.0. The lowest BCUT2D eigenvalue weighted by molar-refractivity contribution is -0.171. The van der Waals surface area contributed by atoms with Gasteiger partial charge in [-0.05, 0) is 96.4 Å². The van der Waals surface area contributed by atoms with E-state index in [0.717, 1.165) is 64.8 Å². The van der Waals surface area contributed by atoms with Crippen molar-refractivity contribution in [3.63, 3.8) is 0 Å². The van der Waals surface area contributed by atoms with Gasteiger partial charge in [0.05, 0.1) is 17.4 Å². The molecule has 5 rings (SSSR count). The van der Waals surface area contributed by atoms with Crippen LogP contribution in [0.3, 0.4) is 0 Å². The molecule has 2 aliphatic rings. The number of aryl methyl sites for hydroxylation is 2. The number of pyridine rings is 1. The highest BCUT2D eigenvalue weighted by Gasteiger charge is 2.39. The zero-order valence-electron chi connectivity index (χ0n) is 28.7. The Labute approximate surface area is 275 Å². The van der Waals surface area contributed by atoms with Gasteiger partial charge in [-0.25, -0.2) is 4.79 Å². The Bertz CT molecular complexity index is 1510. The number of nitrogens with zero attached hydrogens (tertiary/aromatic N) is 2. The Morgan fingerprint density at radius 1 is 0.935 bits per heavy atom. The SMILES string of the molecule is Cc1nc(C)c([C@H](OC(C)(C)C)C(=O)OC(C)C)c(N2CC[C@H]3CCCC[C@@H]3C2)c1-c1ccc(C(=O)NCc2ccccc2)cc1. The molecule has 1 aromatic heterocycles. The molecule has 0 radical (unpaired) electrons. The third kappa shape index (κ3) is 7.98. The summed E-state index contributed by atoms with van der Waals surface area (Å²) in [7, 11) is 0. The predicted octanol–water partition coefficient (Wildman–Crippen LogP) is 8.12. The van der Waals surface area contributed by atoms with Gasteiger partial charge in [-0.3, -0.25) is 9.78 Å². The Morgan fingerprint density at radius 2 is 1.61 bits per heavy atom. The van der Waals surface area contributed by atoms with E-state index >= 15 is 0 Å². The van der Waals surface area contributed by atoms with E-state index in [1.807, 2.05) is 103 Å². The number of piperidine rings is 1. The molecule has 0 unspecified atom stereocenters. The number of nitrogens with one attached hydrogen (secondary N) is 1. The summed E-state index contributed by atoms with van der Waals surface area (Å²) in [5.41, 5.74) is 6.42. The standard InChI is InChI=1S/C39H51N3O4/c1-25(2)45-38(44)36(46-39(5,6)7)34-27(4)41-26(3)33(35(34)42-22-21-29-15-11-12-16-32(29)24-42)30-17-19-31(20-18-30)37(43)40-23-28-13-9-8-10-14-28/h8-10,13-14,17-20,25,29,32,36H,11-12,15-16,21-24H2,1-7H3,(H,40,43)/t29-,32-,36+/m1/s1. The highest BCUT2D eigenvalue weighted by Crippen LogP contribution is 2.46. The molecule has 1 saturated heterocycles. The summed E-state index contributed by atoms with van der Waals surface area (Å²) in [5.74, 6) is 0.854. The smallest absolute Gasteiger partial charge is 0.340 e. The number of hydrogen-bond acceptors (Lipinski definition) is 6. The molecule has 2 fully saturated rings. The van der Waals surface area contributed by atoms with Crippen molar-refractivity contribution in [2.45, 2.75) is 105 Å². The molecule has 7 heteroatoms. The average molecular weight is 626 g/mol. The van der Waals surface area contributed by atoms with E-state index in [1.54, 1.807) is 0 Å². The van der Waals surface area contributed by atoms with Crippen molar-refractivity contribution in [2.24, 2.45) is 11.8 Å². The van der Waals surface area contributed by atoms with Crippen molar-refractivity contribution in [2.75, 3.05) is 18.0 Å². The molecule has 46 heavy (non-hydrogen) atoms. The monoisotopic (exact) mass is 625 g/mol. The van der Waals surface area contributed by atoms with Crippen molar-refractivity contribution in [1.82, 2.24) is 10.3 Å². The van der Waals surface area contributed by atoms with E-state index in [4.69, 9.17) is 14.5 Å². The van der Waals surface area contributed by atoms with Gasteiger partial charge >= 0.3 is 5.97 Å². The second-order valence-electron chi connectivity index (χ2n) is 14.3. The van der Waals surface area contributed by atoms with Crippen LogP contribution < -0.4 is 10.2 Å². The summed E-state index contributed by atoms with van der Waals surface area (Å²) in [6, 6.07) is 17.7. The number of carbonyl (C=O) groups excluding carboxylic acids is 2. The van der Waals surface area contributed by atoms with Gasteiger partial charge in [0, 0.05) is 47.7 Å². The van der Waals surface area contributed by atoms with E-state index in [-0.39, 0.29) is 12.0 Å². The Balaban J connectivity index is 1.58. The maximum absolute atomic E-state index is 13.8. The van der Waals surface area contributed by atoms with E-state index in [9.17, 15) is 9.59 Å². The summed E-state index contributed by atoms with van der Waals surface area (Å²) in [5, 5.41) is 3.03. The van der Waals surface area contributed by atoms with E-state index in [0.29, 0.717) is 18.0 Å². The first-order valence-electron chi connectivity index (χ1n) is 17.0. The van der Waals surface area contributed by atoms with Crippen LogP contribution in [0.1, 0.15) is 106 Å². The first kappa shape index (κ1) is 33.6. The summed E-state index contributed by atoms with van der Waals surface area (Å²) in [6.07, 6.45) is 5.05. The number of benzene rings is 2. The Morgan fingerprint density at radius 3 is 2.26 bits per heavy atom. The Hall–Kier alpha value is -3.71. The number of hydrogen-bond donors (Lipinski definition) is 1. The first-order chi connectivity index (χ1) is 21.9. The second-order valence-corrected chi connectivity index (χ2v) is 14.3. The fraction of sp³-hybridized carbons (Fsp3) is 0.513. The topological polar surface area (TPSA) is 80.8 Å². The quantitative estimate of drug-likeness (QED) is 0.242. The lowest BCUT2D eigenvalue weighted by atomic mass is 9.74. The number of esters is 1. The lowest BCUT2D eigenvalue weighted by Crippen LogP contribution is -2.43. The largest absolute Gasteiger partial charge is 0.461 e. The van der Waals surface area contributed by atoms with E-state index in [1.165, 1.54) is 25.7 Å². The van der Waals surface area contributed by atoms with Crippen molar-refractivity contribution < 1.29 is 19.1 Å². The predicted molar refractivity (Wildman–Crippen MR) is 184 cm³/mol. The molecule has 2 aromatic carbocycles. The molecule has 1 amide bonds. The maximum Gasteiger partial charge on any atom is 0.340 e. The third-order valence-corrected chi connectivity index (χ3v) is 9.22. The fourth-order valence-corrected chi connectivity index (χ4v) is 7.18. The molecule has 246 valence electrons. The molecule has 0 bridgehead atoms. The number of ether oxygens (including phenoxy) is 2. The second kappa shape index (κ2) is 14.4. The van der Waals surface area contributed by atoms with Crippen molar-refractivity contribution in [3.8, 4) is 11.1 Å². The molecule has 2 heterocycles. The molecule has 1 aliphatic carbocycles. The number of fused-ring (bicyclic) bond motifs is 1. The van der Waals surface area contributed by atoms with Crippen LogP contribution in [0.5, 0.6) is 0 Å². The maximum atomic E-state index is 13.8. The summed E-state index contributed by atoms with van der Waals surface area (Å²) < 4.78 is 12.4. The summed E-state index contributed by atoms with van der Waals surface area (Å²) in [6.45, 7) is 16.0. The fourth-order valence-electron chi connectivity index (χ4n) is 7.18. The zero-order valence-corrected chi connectivity index (χ0v) is 28.7. The molecule has 0 spiro atoms. The van der Waals surface area contributed by atoms with Gasteiger partial charge in [-0.15, -0.1) is 0 Å². The minimum absolute atomic E-state index is 0.121. The highest BCUT2D eigenvalue weighted by molar-refractivity contribution is 5.95. The molecule has 1 aliphatic heterocycles. The van der Waals surface area contributed by atoms with Crippen LogP contribution in [-0.4, -0.2) is 41.7 Å². The van der Waals surface area contributed by atoms with Crippen LogP contribution in [-0.2, 0) is 20.8 Å². The van der Waals surface area contributed by atoms with Crippen LogP contribution in [0, 0.1) is 25.7 Å². The number of rotatable bonds is 9. The number of carbonyl (C=O) groups is 2. The summed E-state index contributed by atoms with van der Waals surface area (Å²) in [4.78, 5) is 34.4. The highest BCUT2D eigenvalue weighted by atomic mass is 16.6. The molecule has 3 atom stereocenters. The van der Waals surface area contributed by atoms with Gasteiger partial charge in [0.2, 0.25) is 0 Å². The molecular weight excluding hydrogens is 574 g/mol. The van der Waals surface area contributed by atoms with Gasteiger partial charge in [0.1, 0.15) is 0 Å². The molecular formula is C39H51N3O4. The van der Waals surface area contributed by atoms with Gasteiger partial charge < -0.3 is 19.7 Å². The number of anilines is 1. The molecule has 1 saturated carbocycles. The minimum atomic E-state index is -0.934. The lowest BCUT2D eigenvalue weighted by Gasteiger charge is -2.44. The van der Waals surface area contributed by atoms with E-state index < -0.39 is 17.7 Å². The van der Waals surface area contributed by atoms with E-state index in [2.05, 4.69) is 10.2 Å². The van der Waals surface area contributed by atoms with Crippen LogP contribution in [0.2, 0.25) is 0 Å². The molecule has 1 N–H and O–H groups in total. The van der Waals surface area contributed by atoms with Crippen molar-refractivity contribution in [1.29, 1.82) is 0 Å².